The van der Waals surface area contributed by atoms with Crippen LogP contribution in [0.1, 0.15) is 17.5 Å². The molecule has 0 unspecified atom stereocenters. The molecule has 1 atom stereocenters. The summed E-state index contributed by atoms with van der Waals surface area (Å²) in [4.78, 5) is 28.8. The molecule has 2 N–H and O–H groups in total. The van der Waals surface area contributed by atoms with Crippen molar-refractivity contribution in [2.75, 3.05) is 26.0 Å². The zero-order valence-electron chi connectivity index (χ0n) is 14.0. The largest absolute Gasteiger partial charge is 0.468 e. The lowest BCUT2D eigenvalue weighted by molar-refractivity contribution is -0.141. The van der Waals surface area contributed by atoms with Crippen LogP contribution in [0.2, 0.25) is 0 Å². The molecule has 0 aliphatic rings. The van der Waals surface area contributed by atoms with E-state index < -0.39 is 23.7 Å². The first-order valence-electron chi connectivity index (χ1n) is 7.50. The summed E-state index contributed by atoms with van der Waals surface area (Å²) in [6.07, 6.45) is -2.25. The second kappa shape index (κ2) is 8.00. The number of aromatic nitrogens is 1. The number of halogens is 3. The van der Waals surface area contributed by atoms with Gasteiger partial charge >= 0.3 is 18.0 Å². The molecule has 7 nitrogen and oxygen atoms in total. The van der Waals surface area contributed by atoms with E-state index in [0.717, 1.165) is 12.3 Å². The molecule has 2 rings (SSSR count). The van der Waals surface area contributed by atoms with Crippen molar-refractivity contribution in [3.8, 4) is 0 Å². The summed E-state index contributed by atoms with van der Waals surface area (Å²) >= 11 is 0. The first-order chi connectivity index (χ1) is 12.2. The van der Waals surface area contributed by atoms with Crippen molar-refractivity contribution in [2.24, 2.45) is 0 Å². The molecule has 2 heterocycles. The highest BCUT2D eigenvalue weighted by Gasteiger charge is 2.32. The summed E-state index contributed by atoms with van der Waals surface area (Å²) in [5.74, 6) is -1.32. The Morgan fingerprint density at radius 1 is 1.23 bits per heavy atom. The quantitative estimate of drug-likeness (QED) is 0.787. The van der Waals surface area contributed by atoms with E-state index in [0.29, 0.717) is 11.8 Å². The van der Waals surface area contributed by atoms with Gasteiger partial charge in [-0.25, -0.2) is 4.98 Å². The number of carbonyl (C=O) groups is 2. The van der Waals surface area contributed by atoms with Gasteiger partial charge in [-0.2, -0.15) is 13.2 Å². The fourth-order valence-electron chi connectivity index (χ4n) is 2.11. The summed E-state index contributed by atoms with van der Waals surface area (Å²) in [5.41, 5.74) is -1.11. The molecule has 0 radical (unpaired) electrons. The van der Waals surface area contributed by atoms with Gasteiger partial charge in [-0.3, -0.25) is 14.5 Å². The fourth-order valence-corrected chi connectivity index (χ4v) is 2.11. The van der Waals surface area contributed by atoms with Crippen LogP contribution in [0.15, 0.2) is 41.1 Å². The number of likely N-dealkylation sites (N-methyl/N-ethyl adjacent to an activating group) is 1. The number of nitrogens with zero attached hydrogens (tertiary/aromatic N) is 2. The Labute approximate surface area is 147 Å². The summed E-state index contributed by atoms with van der Waals surface area (Å²) in [7, 11) is 3.57. The van der Waals surface area contributed by atoms with Crippen molar-refractivity contribution >= 4 is 17.5 Å². The molecule has 26 heavy (non-hydrogen) atoms. The van der Waals surface area contributed by atoms with E-state index in [4.69, 9.17) is 4.42 Å². The third kappa shape index (κ3) is 5.06. The number of hydrogen-bond donors (Lipinski definition) is 2. The molecular weight excluding hydrogens is 353 g/mol. The van der Waals surface area contributed by atoms with E-state index in [1.807, 2.05) is 0 Å². The maximum Gasteiger partial charge on any atom is 0.433 e. The van der Waals surface area contributed by atoms with E-state index in [9.17, 15) is 22.8 Å². The number of furan rings is 1. The van der Waals surface area contributed by atoms with Gasteiger partial charge in [0.2, 0.25) is 0 Å². The normalized spacial score (nSPS) is 12.7. The third-order valence-corrected chi connectivity index (χ3v) is 3.47. The Bertz CT molecular complexity index is 743. The van der Waals surface area contributed by atoms with Gasteiger partial charge in [0.25, 0.3) is 0 Å². The Hall–Kier alpha value is -2.88. The summed E-state index contributed by atoms with van der Waals surface area (Å²) in [6.45, 7) is 0.109. The second-order valence-electron chi connectivity index (χ2n) is 5.59. The minimum atomic E-state index is -4.58. The predicted molar refractivity (Wildman–Crippen MR) is 86.0 cm³/mol. The van der Waals surface area contributed by atoms with Gasteiger partial charge in [-0.1, -0.05) is 0 Å². The number of rotatable bonds is 5. The van der Waals surface area contributed by atoms with Gasteiger partial charge in [0, 0.05) is 6.54 Å². The van der Waals surface area contributed by atoms with Crippen molar-refractivity contribution < 1.29 is 27.2 Å². The van der Waals surface area contributed by atoms with Gasteiger partial charge in [-0.15, -0.1) is 0 Å². The average Bonchev–Trinajstić information content (AvgIpc) is 3.08. The Morgan fingerprint density at radius 2 is 1.96 bits per heavy atom. The fraction of sp³-hybridized carbons (Fsp3) is 0.312. The van der Waals surface area contributed by atoms with Crippen LogP contribution in [-0.4, -0.2) is 42.3 Å². The van der Waals surface area contributed by atoms with Crippen LogP contribution in [0, 0.1) is 0 Å². The standard InChI is InChI=1S/C16H17F3N4O3/c1-23(2)11(12-4-3-7-26-12)9-21-14(24)15(25)22-10-5-6-13(20-8-10)16(17,18)19/h3-8,11H,9H2,1-2H3,(H,21,24)(H,22,25)/t11-/m0/s1. The minimum absolute atomic E-state index is 0.0201. The van der Waals surface area contributed by atoms with Crippen LogP contribution in [0.3, 0.4) is 0 Å². The van der Waals surface area contributed by atoms with Crippen LogP contribution in [0.4, 0.5) is 18.9 Å². The van der Waals surface area contributed by atoms with Crippen molar-refractivity contribution in [3.63, 3.8) is 0 Å². The molecule has 0 saturated carbocycles. The highest BCUT2D eigenvalue weighted by Crippen LogP contribution is 2.27. The van der Waals surface area contributed by atoms with Gasteiger partial charge in [0.1, 0.15) is 11.5 Å². The Balaban J connectivity index is 1.92. The van der Waals surface area contributed by atoms with Crippen LogP contribution >= 0.6 is 0 Å². The summed E-state index contributed by atoms with van der Waals surface area (Å²) in [6, 6.07) is 4.90. The molecule has 2 amide bonds. The molecule has 0 aliphatic heterocycles. The molecule has 0 fully saturated rings. The van der Waals surface area contributed by atoms with Crippen molar-refractivity contribution in [3.05, 3.63) is 48.2 Å². The smallest absolute Gasteiger partial charge is 0.433 e. The predicted octanol–water partition coefficient (Wildman–Crippen LogP) is 2.05. The van der Waals surface area contributed by atoms with Gasteiger partial charge in [0.15, 0.2) is 0 Å². The summed E-state index contributed by atoms with van der Waals surface area (Å²) in [5, 5.41) is 4.65. The minimum Gasteiger partial charge on any atom is -0.468 e. The van der Waals surface area contributed by atoms with Gasteiger partial charge < -0.3 is 15.1 Å². The number of anilines is 1. The van der Waals surface area contributed by atoms with Gasteiger partial charge in [0.05, 0.1) is 24.2 Å². The van der Waals surface area contributed by atoms with E-state index in [1.54, 1.807) is 31.1 Å². The average molecular weight is 370 g/mol. The zero-order valence-corrected chi connectivity index (χ0v) is 14.0. The molecule has 2 aromatic rings. The van der Waals surface area contributed by atoms with E-state index in [1.165, 1.54) is 6.26 Å². The van der Waals surface area contributed by atoms with Crippen molar-refractivity contribution in [1.29, 1.82) is 0 Å². The molecule has 0 aromatic carbocycles. The molecule has 0 aliphatic carbocycles. The van der Waals surface area contributed by atoms with Gasteiger partial charge in [-0.05, 0) is 38.4 Å². The van der Waals surface area contributed by atoms with E-state index in [-0.39, 0.29) is 18.3 Å². The highest BCUT2D eigenvalue weighted by atomic mass is 19.4. The highest BCUT2D eigenvalue weighted by molar-refractivity contribution is 6.39. The first-order valence-corrected chi connectivity index (χ1v) is 7.50. The monoisotopic (exact) mass is 370 g/mol. The maximum atomic E-state index is 12.4. The molecule has 0 bridgehead atoms. The second-order valence-corrected chi connectivity index (χ2v) is 5.59. The number of nitrogens with one attached hydrogen (secondary N) is 2. The van der Waals surface area contributed by atoms with Crippen LogP contribution in [-0.2, 0) is 15.8 Å². The lowest BCUT2D eigenvalue weighted by Crippen LogP contribution is -2.40. The SMILES string of the molecule is CN(C)[C@@H](CNC(=O)C(=O)Nc1ccc(C(F)(F)F)nc1)c1ccco1. The zero-order chi connectivity index (χ0) is 19.3. The van der Waals surface area contributed by atoms with Crippen molar-refractivity contribution in [2.45, 2.75) is 12.2 Å². The van der Waals surface area contributed by atoms with Crippen LogP contribution in [0.25, 0.3) is 0 Å². The van der Waals surface area contributed by atoms with Crippen molar-refractivity contribution in [1.82, 2.24) is 15.2 Å². The lowest BCUT2D eigenvalue weighted by atomic mass is 10.2. The first kappa shape index (κ1) is 19.4. The molecule has 140 valence electrons. The number of pyridine rings is 1. The Kier molecular flexibility index (Phi) is 5.98. The topological polar surface area (TPSA) is 87.5 Å². The molecular formula is C16H17F3N4O3. The number of hydrogen-bond acceptors (Lipinski definition) is 5. The number of alkyl halides is 3. The summed E-state index contributed by atoms with van der Waals surface area (Å²) < 4.78 is 42.6. The Morgan fingerprint density at radius 3 is 2.46 bits per heavy atom. The lowest BCUT2D eigenvalue weighted by Gasteiger charge is -2.22. The molecule has 0 spiro atoms. The van der Waals surface area contributed by atoms with E-state index in [2.05, 4.69) is 15.6 Å². The number of amides is 2. The maximum absolute atomic E-state index is 12.4. The molecule has 10 heteroatoms. The van der Waals surface area contributed by atoms with Crippen LogP contribution in [0.5, 0.6) is 0 Å². The molecule has 2 aromatic heterocycles. The number of carbonyl (C=O) groups excluding carboxylic acids is 2. The third-order valence-electron chi connectivity index (χ3n) is 3.47. The van der Waals surface area contributed by atoms with E-state index >= 15 is 0 Å². The van der Waals surface area contributed by atoms with Crippen LogP contribution < -0.4 is 10.6 Å². The molecule has 0 saturated heterocycles.